The van der Waals surface area contributed by atoms with Gasteiger partial charge in [0.2, 0.25) is 0 Å². The molecular formula is C14H16ClFN4O2S2. The van der Waals surface area contributed by atoms with Crippen molar-refractivity contribution in [3.63, 3.8) is 0 Å². The highest BCUT2D eigenvalue weighted by Gasteiger charge is 2.26. The molecule has 0 aliphatic carbocycles. The average Bonchev–Trinajstić information content (AvgIpc) is 3.14. The first-order valence-corrected chi connectivity index (χ1v) is 10.1. The summed E-state index contributed by atoms with van der Waals surface area (Å²) < 4.78 is 41.2. The molecule has 1 saturated heterocycles. The number of rotatable bonds is 5. The normalized spacial score (nSPS) is 21.0. The minimum absolute atomic E-state index is 0.109. The van der Waals surface area contributed by atoms with E-state index in [-0.39, 0.29) is 22.9 Å². The van der Waals surface area contributed by atoms with Crippen LogP contribution >= 0.6 is 22.9 Å². The molecule has 6 nitrogen and oxygen atoms in total. The van der Waals surface area contributed by atoms with Crippen molar-refractivity contribution in [1.82, 2.24) is 10.3 Å². The highest BCUT2D eigenvalue weighted by atomic mass is 35.5. The lowest BCUT2D eigenvalue weighted by atomic mass is 10.1. The van der Waals surface area contributed by atoms with Gasteiger partial charge in [-0.1, -0.05) is 11.6 Å². The number of hydrogen-bond donors (Lipinski definition) is 3. The summed E-state index contributed by atoms with van der Waals surface area (Å²) >= 11 is 7.39. The molecule has 0 saturated carbocycles. The second kappa shape index (κ2) is 6.83. The summed E-state index contributed by atoms with van der Waals surface area (Å²) in [4.78, 5) is 3.32. The molecule has 1 fully saturated rings. The number of hydrogen-bond acceptors (Lipinski definition) is 6. The van der Waals surface area contributed by atoms with Crippen molar-refractivity contribution >= 4 is 44.5 Å². The van der Waals surface area contributed by atoms with Gasteiger partial charge < -0.3 is 10.6 Å². The van der Waals surface area contributed by atoms with Gasteiger partial charge in [0.05, 0.1) is 16.2 Å². The van der Waals surface area contributed by atoms with Crippen LogP contribution in [0.5, 0.6) is 0 Å². The summed E-state index contributed by atoms with van der Waals surface area (Å²) in [7, 11) is -4.10. The van der Waals surface area contributed by atoms with Crippen LogP contribution in [0.15, 0.2) is 27.9 Å². The van der Waals surface area contributed by atoms with E-state index in [2.05, 4.69) is 20.3 Å². The Hall–Kier alpha value is -1.42. The van der Waals surface area contributed by atoms with Crippen molar-refractivity contribution < 1.29 is 12.8 Å². The molecule has 0 unspecified atom stereocenters. The zero-order valence-electron chi connectivity index (χ0n) is 12.7. The summed E-state index contributed by atoms with van der Waals surface area (Å²) in [6.45, 7) is 2.88. The van der Waals surface area contributed by atoms with Gasteiger partial charge in [0.15, 0.2) is 5.82 Å². The highest BCUT2D eigenvalue weighted by molar-refractivity contribution is 7.92. The van der Waals surface area contributed by atoms with E-state index in [0.29, 0.717) is 5.69 Å². The van der Waals surface area contributed by atoms with Crippen LogP contribution in [-0.4, -0.2) is 32.0 Å². The minimum Gasteiger partial charge on any atom is -0.379 e. The molecule has 24 heavy (non-hydrogen) atoms. The third kappa shape index (κ3) is 3.64. The van der Waals surface area contributed by atoms with E-state index in [1.165, 1.54) is 22.2 Å². The van der Waals surface area contributed by atoms with E-state index in [0.717, 1.165) is 25.1 Å². The zero-order chi connectivity index (χ0) is 17.3. The smallest absolute Gasteiger partial charge is 0.266 e. The molecule has 1 aromatic carbocycles. The summed E-state index contributed by atoms with van der Waals surface area (Å²) in [5.74, 6) is -0.730. The molecule has 2 atom stereocenters. The number of sulfonamides is 1. The lowest BCUT2D eigenvalue weighted by Crippen LogP contribution is -2.32. The van der Waals surface area contributed by atoms with E-state index in [1.807, 2.05) is 6.92 Å². The van der Waals surface area contributed by atoms with Crippen molar-refractivity contribution in [2.24, 2.45) is 0 Å². The molecule has 3 rings (SSSR count). The van der Waals surface area contributed by atoms with Gasteiger partial charge in [-0.05, 0) is 32.0 Å². The van der Waals surface area contributed by atoms with Crippen molar-refractivity contribution in [3.05, 3.63) is 33.9 Å². The molecule has 1 aliphatic heterocycles. The topological polar surface area (TPSA) is 83.1 Å². The zero-order valence-corrected chi connectivity index (χ0v) is 15.1. The monoisotopic (exact) mass is 390 g/mol. The van der Waals surface area contributed by atoms with Crippen LogP contribution in [0, 0.1) is 5.82 Å². The summed E-state index contributed by atoms with van der Waals surface area (Å²) in [6, 6.07) is 2.56. The first-order valence-electron chi connectivity index (χ1n) is 7.27. The second-order valence-electron chi connectivity index (χ2n) is 5.52. The molecule has 0 bridgehead atoms. The molecule has 2 aromatic rings. The summed E-state index contributed by atoms with van der Waals surface area (Å²) in [6.07, 6.45) is 0.880. The fourth-order valence-electron chi connectivity index (χ4n) is 2.56. The molecule has 1 aromatic heterocycles. The van der Waals surface area contributed by atoms with Gasteiger partial charge in [-0.15, -0.1) is 11.3 Å². The first-order chi connectivity index (χ1) is 11.4. The molecular weight excluding hydrogens is 375 g/mol. The van der Waals surface area contributed by atoms with Crippen LogP contribution in [0.3, 0.4) is 0 Å². The highest BCUT2D eigenvalue weighted by Crippen LogP contribution is 2.30. The third-order valence-corrected chi connectivity index (χ3v) is 6.12. The average molecular weight is 391 g/mol. The standard InChI is InChI=1S/C14H16ClFN4O2S2/c1-8-11(2-3-17-8)19-12-5-10(16)13(4-9(12)15)24(21,22)20-14-6-23-7-18-14/h4-8,11,17,19-20H,2-3H2,1H3/t8-,11-/m1/s1. The predicted octanol–water partition coefficient (Wildman–Crippen LogP) is 2.90. The predicted molar refractivity (Wildman–Crippen MR) is 93.8 cm³/mol. The van der Waals surface area contributed by atoms with Gasteiger partial charge >= 0.3 is 0 Å². The minimum atomic E-state index is -4.10. The maximum absolute atomic E-state index is 14.4. The number of benzene rings is 1. The molecule has 0 amide bonds. The summed E-state index contributed by atoms with van der Waals surface area (Å²) in [5, 5.41) is 8.10. The molecule has 1 aliphatic rings. The van der Waals surface area contributed by atoms with Gasteiger partial charge in [-0.3, -0.25) is 4.72 Å². The van der Waals surface area contributed by atoms with Gasteiger partial charge in [-0.2, -0.15) is 0 Å². The van der Waals surface area contributed by atoms with Gasteiger partial charge in [-0.25, -0.2) is 17.8 Å². The van der Waals surface area contributed by atoms with Crippen LogP contribution in [0.25, 0.3) is 0 Å². The SMILES string of the molecule is C[C@H]1NCC[C@H]1Nc1cc(F)c(S(=O)(=O)Nc2cscn2)cc1Cl. The number of aromatic nitrogens is 1. The number of halogens is 2. The fourth-order valence-corrected chi connectivity index (χ4v) is 4.48. The first kappa shape index (κ1) is 17.4. The molecule has 3 N–H and O–H groups in total. The van der Waals surface area contributed by atoms with Crippen LogP contribution < -0.4 is 15.4 Å². The van der Waals surface area contributed by atoms with E-state index >= 15 is 0 Å². The molecule has 10 heteroatoms. The Morgan fingerprint density at radius 3 is 2.88 bits per heavy atom. The van der Waals surface area contributed by atoms with Crippen LogP contribution in [0.1, 0.15) is 13.3 Å². The number of nitrogens with zero attached hydrogens (tertiary/aromatic N) is 1. The number of anilines is 2. The van der Waals surface area contributed by atoms with Crippen LogP contribution in [0.2, 0.25) is 5.02 Å². The van der Waals surface area contributed by atoms with Crippen LogP contribution in [-0.2, 0) is 10.0 Å². The van der Waals surface area contributed by atoms with Gasteiger partial charge in [0.1, 0.15) is 10.7 Å². The second-order valence-corrected chi connectivity index (χ2v) is 8.30. The fraction of sp³-hybridized carbons (Fsp3) is 0.357. The van der Waals surface area contributed by atoms with Crippen molar-refractivity contribution in [2.45, 2.75) is 30.3 Å². The van der Waals surface area contributed by atoms with Gasteiger partial charge in [0.25, 0.3) is 10.0 Å². The summed E-state index contributed by atoms with van der Waals surface area (Å²) in [5.41, 5.74) is 1.85. The largest absolute Gasteiger partial charge is 0.379 e. The van der Waals surface area contributed by atoms with E-state index in [1.54, 1.807) is 0 Å². The number of thiazole rings is 1. The number of nitrogens with one attached hydrogen (secondary N) is 3. The van der Waals surface area contributed by atoms with E-state index in [9.17, 15) is 12.8 Å². The molecule has 0 radical (unpaired) electrons. The molecule has 130 valence electrons. The Morgan fingerprint density at radius 2 is 2.25 bits per heavy atom. The Kier molecular flexibility index (Phi) is 4.95. The molecule has 2 heterocycles. The van der Waals surface area contributed by atoms with Crippen LogP contribution in [0.4, 0.5) is 15.9 Å². The van der Waals surface area contributed by atoms with Crippen molar-refractivity contribution in [2.75, 3.05) is 16.6 Å². The quantitative estimate of drug-likeness (QED) is 0.731. The van der Waals surface area contributed by atoms with E-state index < -0.39 is 20.7 Å². The third-order valence-electron chi connectivity index (χ3n) is 3.85. The Morgan fingerprint density at radius 1 is 1.46 bits per heavy atom. The maximum atomic E-state index is 14.4. The van der Waals surface area contributed by atoms with Gasteiger partial charge in [0, 0.05) is 17.5 Å². The van der Waals surface area contributed by atoms with Crippen molar-refractivity contribution in [3.8, 4) is 0 Å². The Bertz CT molecular complexity index is 830. The van der Waals surface area contributed by atoms with E-state index in [4.69, 9.17) is 11.6 Å². The maximum Gasteiger partial charge on any atom is 0.266 e. The molecule has 0 spiro atoms. The van der Waals surface area contributed by atoms with Crippen molar-refractivity contribution in [1.29, 1.82) is 0 Å². The lowest BCUT2D eigenvalue weighted by Gasteiger charge is -2.20. The Balaban J connectivity index is 1.86. The lowest BCUT2D eigenvalue weighted by molar-refractivity contribution is 0.569. The Labute approximate surface area is 148 Å².